The Hall–Kier alpha value is -1.10. The molecule has 1 amide bonds. The zero-order valence-corrected chi connectivity index (χ0v) is 22.2. The first-order chi connectivity index (χ1) is 14.4. The van der Waals surface area contributed by atoms with E-state index >= 15 is 0 Å². The Bertz CT molecular complexity index is 694. The Labute approximate surface area is 207 Å². The molecule has 7 nitrogen and oxygen atoms in total. The molecule has 3 heterocycles. The van der Waals surface area contributed by atoms with Gasteiger partial charge in [-0.05, 0) is 64.8 Å². The van der Waals surface area contributed by atoms with Gasteiger partial charge in [-0.15, -0.1) is 24.0 Å². The van der Waals surface area contributed by atoms with Crippen molar-refractivity contribution in [2.24, 2.45) is 4.99 Å². The van der Waals surface area contributed by atoms with Gasteiger partial charge in [-0.3, -0.25) is 4.99 Å². The van der Waals surface area contributed by atoms with Crippen LogP contribution in [0.4, 0.5) is 4.79 Å². The summed E-state index contributed by atoms with van der Waals surface area (Å²) >= 11 is 1.79. The lowest BCUT2D eigenvalue weighted by Gasteiger charge is -2.40. The largest absolute Gasteiger partial charge is 0.469 e. The average molecular weight is 565 g/mol. The molecule has 31 heavy (non-hydrogen) atoms. The molecule has 2 atom stereocenters. The van der Waals surface area contributed by atoms with Crippen LogP contribution in [0.1, 0.15) is 52.2 Å². The zero-order valence-electron chi connectivity index (χ0n) is 19.1. The molecule has 0 aromatic carbocycles. The lowest BCUT2D eigenvalue weighted by atomic mass is 9.98. The molecule has 0 spiro atoms. The standard InChI is InChI=1S/C22H36N4O3S.HI/c1-22(2,3)29-21(27)26-17-7-8-18(26)15-16(14-17)25-20(24-11-13-30-4)23-10-9-19-6-5-12-28-19;/h5-6,12,16-18H,7-11,13-15H2,1-4H3,(H2,23,24,25);1H. The van der Waals surface area contributed by atoms with Gasteiger partial charge in [0, 0.05) is 36.8 Å². The minimum absolute atomic E-state index is 0. The quantitative estimate of drug-likeness (QED) is 0.223. The fourth-order valence-electron chi connectivity index (χ4n) is 4.26. The fourth-order valence-corrected chi connectivity index (χ4v) is 4.54. The maximum Gasteiger partial charge on any atom is 0.410 e. The van der Waals surface area contributed by atoms with Crippen LogP contribution < -0.4 is 10.6 Å². The van der Waals surface area contributed by atoms with E-state index in [1.165, 1.54) is 0 Å². The van der Waals surface area contributed by atoms with Crippen LogP contribution in [0, 0.1) is 0 Å². The summed E-state index contributed by atoms with van der Waals surface area (Å²) in [5.41, 5.74) is -0.458. The second-order valence-corrected chi connectivity index (χ2v) is 10.1. The number of guanidine groups is 1. The normalized spacial score (nSPS) is 23.3. The Morgan fingerprint density at radius 2 is 2.03 bits per heavy atom. The highest BCUT2D eigenvalue weighted by atomic mass is 127. The first-order valence-electron chi connectivity index (χ1n) is 10.9. The van der Waals surface area contributed by atoms with Crippen molar-refractivity contribution < 1.29 is 13.9 Å². The summed E-state index contributed by atoms with van der Waals surface area (Å²) in [5.74, 6) is 2.81. The number of halogens is 1. The van der Waals surface area contributed by atoms with Crippen molar-refractivity contribution in [3.63, 3.8) is 0 Å². The number of fused-ring (bicyclic) bond motifs is 2. The third-order valence-electron chi connectivity index (χ3n) is 5.49. The van der Waals surface area contributed by atoms with Crippen molar-refractivity contribution in [2.75, 3.05) is 25.1 Å². The molecule has 176 valence electrons. The number of amides is 1. The van der Waals surface area contributed by atoms with E-state index in [4.69, 9.17) is 14.1 Å². The predicted molar refractivity (Wildman–Crippen MR) is 138 cm³/mol. The van der Waals surface area contributed by atoms with Gasteiger partial charge in [0.05, 0.1) is 12.8 Å². The van der Waals surface area contributed by atoms with Crippen LogP contribution in [0.15, 0.2) is 27.8 Å². The molecule has 0 aliphatic carbocycles. The summed E-state index contributed by atoms with van der Waals surface area (Å²) in [6, 6.07) is 4.70. The number of hydrogen-bond acceptors (Lipinski definition) is 5. The van der Waals surface area contributed by atoms with Crippen molar-refractivity contribution in [1.29, 1.82) is 0 Å². The Morgan fingerprint density at radius 3 is 2.61 bits per heavy atom. The number of ether oxygens (including phenoxy) is 1. The predicted octanol–water partition coefficient (Wildman–Crippen LogP) is 4.27. The van der Waals surface area contributed by atoms with Gasteiger partial charge in [0.2, 0.25) is 0 Å². The monoisotopic (exact) mass is 564 g/mol. The van der Waals surface area contributed by atoms with Crippen LogP contribution in [-0.4, -0.2) is 65.8 Å². The van der Waals surface area contributed by atoms with E-state index in [1.54, 1.807) is 18.0 Å². The van der Waals surface area contributed by atoms with Crippen LogP contribution in [0.25, 0.3) is 0 Å². The van der Waals surface area contributed by atoms with Crippen molar-refractivity contribution in [1.82, 2.24) is 15.5 Å². The first kappa shape index (κ1) is 26.2. The van der Waals surface area contributed by atoms with Crippen LogP contribution >= 0.6 is 35.7 Å². The molecule has 1 aromatic rings. The molecular weight excluding hydrogens is 527 g/mol. The number of aliphatic imine (C=N–C) groups is 1. The molecular formula is C22H37IN4O3S. The second-order valence-electron chi connectivity index (χ2n) is 9.06. The van der Waals surface area contributed by atoms with Gasteiger partial charge < -0.3 is 24.7 Å². The minimum atomic E-state index is -0.458. The Balaban J connectivity index is 0.00000341. The molecule has 1 aromatic heterocycles. The average Bonchev–Trinajstić information content (AvgIpc) is 3.27. The number of nitrogens with zero attached hydrogens (tertiary/aromatic N) is 2. The maximum absolute atomic E-state index is 12.7. The summed E-state index contributed by atoms with van der Waals surface area (Å²) in [7, 11) is 0. The van der Waals surface area contributed by atoms with Crippen LogP contribution in [0.2, 0.25) is 0 Å². The van der Waals surface area contributed by atoms with E-state index < -0.39 is 5.60 Å². The Morgan fingerprint density at radius 1 is 1.32 bits per heavy atom. The van der Waals surface area contributed by atoms with Crippen LogP contribution in [0.5, 0.6) is 0 Å². The van der Waals surface area contributed by atoms with Crippen molar-refractivity contribution >= 4 is 47.8 Å². The summed E-state index contributed by atoms with van der Waals surface area (Å²) in [4.78, 5) is 19.4. The number of nitrogens with one attached hydrogen (secondary N) is 2. The van der Waals surface area contributed by atoms with Gasteiger partial charge >= 0.3 is 6.09 Å². The molecule has 2 N–H and O–H groups in total. The summed E-state index contributed by atoms with van der Waals surface area (Å²) in [5, 5.41) is 7.07. The number of carbonyl (C=O) groups is 1. The molecule has 0 saturated carbocycles. The molecule has 2 bridgehead atoms. The summed E-state index contributed by atoms with van der Waals surface area (Å²) < 4.78 is 11.1. The van der Waals surface area contributed by atoms with Gasteiger partial charge in [-0.1, -0.05) is 0 Å². The molecule has 2 aliphatic heterocycles. The second kappa shape index (κ2) is 12.2. The third kappa shape index (κ3) is 8.07. The molecule has 2 aliphatic rings. The summed E-state index contributed by atoms with van der Waals surface area (Å²) in [6.45, 7) is 7.32. The third-order valence-corrected chi connectivity index (χ3v) is 6.08. The van der Waals surface area contributed by atoms with Gasteiger partial charge in [-0.2, -0.15) is 11.8 Å². The molecule has 2 unspecified atom stereocenters. The molecule has 0 radical (unpaired) electrons. The molecule has 3 rings (SSSR count). The van der Waals surface area contributed by atoms with E-state index in [0.717, 1.165) is 62.7 Å². The van der Waals surface area contributed by atoms with Gasteiger partial charge in [0.1, 0.15) is 11.4 Å². The van der Waals surface area contributed by atoms with Gasteiger partial charge in [-0.25, -0.2) is 4.79 Å². The first-order valence-corrected chi connectivity index (χ1v) is 12.3. The fraction of sp³-hybridized carbons (Fsp3) is 0.727. The number of rotatable bonds is 7. The van der Waals surface area contributed by atoms with Crippen molar-refractivity contribution in [2.45, 2.75) is 76.6 Å². The maximum atomic E-state index is 12.7. The van der Waals surface area contributed by atoms with E-state index in [2.05, 4.69) is 16.9 Å². The van der Waals surface area contributed by atoms with Crippen LogP contribution in [-0.2, 0) is 11.2 Å². The zero-order chi connectivity index (χ0) is 21.6. The lowest BCUT2D eigenvalue weighted by molar-refractivity contribution is 0.00545. The van der Waals surface area contributed by atoms with Crippen LogP contribution in [0.3, 0.4) is 0 Å². The lowest BCUT2D eigenvalue weighted by Crippen LogP contribution is -2.55. The number of carbonyl (C=O) groups excluding carboxylic acids is 1. The van der Waals surface area contributed by atoms with Gasteiger partial charge in [0.15, 0.2) is 5.96 Å². The van der Waals surface area contributed by atoms with E-state index in [1.807, 2.05) is 37.8 Å². The Kier molecular flexibility index (Phi) is 10.3. The SMILES string of the molecule is CSCCN=C(NCCc1ccco1)NC1CC2CCC(C1)N2C(=O)OC(C)(C)C.I. The van der Waals surface area contributed by atoms with Crippen molar-refractivity contribution in [3.05, 3.63) is 24.2 Å². The topological polar surface area (TPSA) is 79.1 Å². The highest BCUT2D eigenvalue weighted by Crippen LogP contribution is 2.36. The number of piperidine rings is 1. The molecule has 2 saturated heterocycles. The van der Waals surface area contributed by atoms with Crippen molar-refractivity contribution in [3.8, 4) is 0 Å². The number of thioether (sulfide) groups is 1. The number of furan rings is 1. The highest BCUT2D eigenvalue weighted by molar-refractivity contribution is 14.0. The van der Waals surface area contributed by atoms with E-state index in [-0.39, 0.29) is 42.2 Å². The number of hydrogen-bond donors (Lipinski definition) is 2. The molecule has 9 heteroatoms. The van der Waals surface area contributed by atoms with E-state index in [0.29, 0.717) is 6.04 Å². The molecule has 2 fully saturated rings. The van der Waals surface area contributed by atoms with E-state index in [9.17, 15) is 4.79 Å². The van der Waals surface area contributed by atoms with Gasteiger partial charge in [0.25, 0.3) is 0 Å². The minimum Gasteiger partial charge on any atom is -0.469 e. The smallest absolute Gasteiger partial charge is 0.410 e. The summed E-state index contributed by atoms with van der Waals surface area (Å²) in [6.07, 6.45) is 8.40. The highest BCUT2D eigenvalue weighted by Gasteiger charge is 2.45.